The number of thiocyanates is 1. The van der Waals surface area contributed by atoms with Gasteiger partial charge in [-0.2, -0.15) is 5.26 Å². The molecule has 1 N–H and O–H groups in total. The molecule has 134 valence electrons. The van der Waals surface area contributed by atoms with Gasteiger partial charge in [0.05, 0.1) is 5.56 Å². The lowest BCUT2D eigenvalue weighted by Crippen LogP contribution is -2.21. The summed E-state index contributed by atoms with van der Waals surface area (Å²) >= 11 is 1.07. The first-order valence-corrected chi connectivity index (χ1v) is 8.99. The number of nitriles is 1. The van der Waals surface area contributed by atoms with Crippen molar-refractivity contribution in [3.05, 3.63) is 58.7 Å². The number of hydrogen-bond acceptors (Lipinski definition) is 5. The normalized spacial score (nSPS) is 10.1. The van der Waals surface area contributed by atoms with Gasteiger partial charge in [-0.25, -0.2) is 4.79 Å². The van der Waals surface area contributed by atoms with E-state index in [4.69, 9.17) is 10.00 Å². The highest BCUT2D eigenvalue weighted by molar-refractivity contribution is 8.03. The average molecular weight is 368 g/mol. The fourth-order valence-corrected chi connectivity index (χ4v) is 3.08. The van der Waals surface area contributed by atoms with Gasteiger partial charge in [-0.1, -0.05) is 19.1 Å². The zero-order chi connectivity index (χ0) is 19.1. The summed E-state index contributed by atoms with van der Waals surface area (Å²) in [6.07, 6.45) is 0.891. The number of carbonyl (C=O) groups excluding carboxylic acids is 2. The number of carbonyl (C=O) groups is 2. The average Bonchev–Trinajstić information content (AvgIpc) is 2.63. The molecule has 2 aromatic carbocycles. The van der Waals surface area contributed by atoms with Crippen molar-refractivity contribution < 1.29 is 14.3 Å². The number of anilines is 1. The summed E-state index contributed by atoms with van der Waals surface area (Å²) in [7, 11) is 0. The van der Waals surface area contributed by atoms with Crippen molar-refractivity contribution in [2.24, 2.45) is 0 Å². The Labute approximate surface area is 157 Å². The maximum absolute atomic E-state index is 12.1. The van der Waals surface area contributed by atoms with Crippen molar-refractivity contribution >= 4 is 29.3 Å². The first-order valence-electron chi connectivity index (χ1n) is 8.17. The first-order chi connectivity index (χ1) is 12.4. The summed E-state index contributed by atoms with van der Waals surface area (Å²) in [5.74, 6) is -0.938. The predicted octanol–water partition coefficient (Wildman–Crippen LogP) is 4.23. The lowest BCUT2D eigenvalue weighted by atomic mass is 10.1. The molecule has 1 amide bonds. The molecule has 0 aromatic heterocycles. The highest BCUT2D eigenvalue weighted by atomic mass is 32.2. The molecule has 0 aliphatic carbocycles. The number of ether oxygens (including phenoxy) is 1. The van der Waals surface area contributed by atoms with E-state index in [9.17, 15) is 9.59 Å². The van der Waals surface area contributed by atoms with Crippen LogP contribution in [-0.2, 0) is 16.0 Å². The highest BCUT2D eigenvalue weighted by Crippen LogP contribution is 2.27. The van der Waals surface area contributed by atoms with Gasteiger partial charge in [0.25, 0.3) is 5.91 Å². The Hall–Kier alpha value is -2.78. The molecule has 0 unspecified atom stereocenters. The molecule has 2 aromatic rings. The Balaban J connectivity index is 1.96. The second kappa shape index (κ2) is 9.07. The highest BCUT2D eigenvalue weighted by Gasteiger charge is 2.13. The summed E-state index contributed by atoms with van der Waals surface area (Å²) in [6, 6.07) is 10.8. The van der Waals surface area contributed by atoms with Gasteiger partial charge >= 0.3 is 5.97 Å². The Bertz CT molecular complexity index is 831. The third-order valence-electron chi connectivity index (χ3n) is 3.87. The van der Waals surface area contributed by atoms with E-state index in [2.05, 4.69) is 5.32 Å². The van der Waals surface area contributed by atoms with Crippen molar-refractivity contribution in [1.82, 2.24) is 0 Å². The molecule has 0 fully saturated rings. The molecule has 0 aliphatic heterocycles. The second-order valence-corrected chi connectivity index (χ2v) is 6.66. The monoisotopic (exact) mass is 368 g/mol. The van der Waals surface area contributed by atoms with Crippen LogP contribution in [0.2, 0.25) is 0 Å². The van der Waals surface area contributed by atoms with Gasteiger partial charge in [0.15, 0.2) is 6.61 Å². The Morgan fingerprint density at radius 1 is 1.15 bits per heavy atom. The van der Waals surface area contributed by atoms with Gasteiger partial charge in [0.2, 0.25) is 0 Å². The molecule has 0 radical (unpaired) electrons. The number of thioether (sulfide) groups is 1. The summed E-state index contributed by atoms with van der Waals surface area (Å²) in [6.45, 7) is 5.38. The number of nitrogens with zero attached hydrogens (tertiary/aromatic N) is 1. The van der Waals surface area contributed by atoms with Crippen LogP contribution in [0.3, 0.4) is 0 Å². The first kappa shape index (κ1) is 19.5. The zero-order valence-corrected chi connectivity index (χ0v) is 15.8. The van der Waals surface area contributed by atoms with Crippen LogP contribution in [0.4, 0.5) is 5.69 Å². The molecule has 0 spiro atoms. The molecular weight excluding hydrogens is 348 g/mol. The molecule has 2 rings (SSSR count). The predicted molar refractivity (Wildman–Crippen MR) is 102 cm³/mol. The summed E-state index contributed by atoms with van der Waals surface area (Å²) < 4.78 is 5.08. The molecule has 0 heterocycles. The fraction of sp³-hybridized carbons (Fsp3) is 0.250. The molecule has 0 aliphatic rings. The quantitative estimate of drug-likeness (QED) is 0.469. The van der Waals surface area contributed by atoms with E-state index >= 15 is 0 Å². The van der Waals surface area contributed by atoms with E-state index in [1.165, 1.54) is 0 Å². The third-order valence-corrected chi connectivity index (χ3v) is 4.43. The lowest BCUT2D eigenvalue weighted by Gasteiger charge is -2.13. The van der Waals surface area contributed by atoms with Gasteiger partial charge in [-0.15, -0.1) is 0 Å². The molecule has 6 heteroatoms. The van der Waals surface area contributed by atoms with Crippen LogP contribution < -0.4 is 5.32 Å². The van der Waals surface area contributed by atoms with E-state index in [-0.39, 0.29) is 6.61 Å². The maximum atomic E-state index is 12.1. The summed E-state index contributed by atoms with van der Waals surface area (Å²) in [4.78, 5) is 25.0. The van der Waals surface area contributed by atoms with Crippen LogP contribution >= 0.6 is 11.8 Å². The summed E-state index contributed by atoms with van der Waals surface area (Å²) in [5.41, 5.74) is 3.90. The third kappa shape index (κ3) is 5.11. The largest absolute Gasteiger partial charge is 0.452 e. The van der Waals surface area contributed by atoms with Crippen LogP contribution in [-0.4, -0.2) is 18.5 Å². The Kier molecular flexibility index (Phi) is 6.81. The molecular formula is C20H20N2O3S. The number of benzene rings is 2. The number of amides is 1. The van der Waals surface area contributed by atoms with E-state index in [0.717, 1.165) is 39.8 Å². The van der Waals surface area contributed by atoms with Crippen molar-refractivity contribution in [1.29, 1.82) is 5.26 Å². The molecule has 0 saturated carbocycles. The minimum Gasteiger partial charge on any atom is -0.452 e. The van der Waals surface area contributed by atoms with Gasteiger partial charge in [-0.05, 0) is 73.0 Å². The van der Waals surface area contributed by atoms with Gasteiger partial charge < -0.3 is 10.1 Å². The SMILES string of the molecule is CCc1ccc(C(=O)OCC(=O)Nc2c(C)cc(SC#N)cc2C)cc1. The summed E-state index contributed by atoms with van der Waals surface area (Å²) in [5, 5.41) is 13.5. The lowest BCUT2D eigenvalue weighted by molar-refractivity contribution is -0.119. The van der Waals surface area contributed by atoms with Gasteiger partial charge in [0, 0.05) is 10.6 Å². The van der Waals surface area contributed by atoms with E-state index in [1.807, 2.05) is 50.4 Å². The number of hydrogen-bond donors (Lipinski definition) is 1. The number of esters is 1. The van der Waals surface area contributed by atoms with E-state index in [1.54, 1.807) is 12.1 Å². The van der Waals surface area contributed by atoms with E-state index < -0.39 is 11.9 Å². The topological polar surface area (TPSA) is 79.2 Å². The molecule has 0 saturated heterocycles. The zero-order valence-electron chi connectivity index (χ0n) is 15.0. The molecule has 26 heavy (non-hydrogen) atoms. The van der Waals surface area contributed by atoms with Gasteiger partial charge in [-0.3, -0.25) is 4.79 Å². The smallest absolute Gasteiger partial charge is 0.338 e. The van der Waals surface area contributed by atoms with Crippen LogP contribution in [0.1, 0.15) is 34.0 Å². The molecule has 0 bridgehead atoms. The standard InChI is InChI=1S/C20H20N2O3S/c1-4-15-5-7-16(8-6-15)20(24)25-11-18(23)22-19-13(2)9-17(26-12-21)10-14(19)3/h5-10H,4,11H2,1-3H3,(H,22,23). The van der Waals surface area contributed by atoms with Crippen molar-refractivity contribution in [2.75, 3.05) is 11.9 Å². The Morgan fingerprint density at radius 2 is 1.77 bits per heavy atom. The van der Waals surface area contributed by atoms with Crippen LogP contribution in [0.15, 0.2) is 41.3 Å². The van der Waals surface area contributed by atoms with Crippen molar-refractivity contribution in [3.63, 3.8) is 0 Å². The van der Waals surface area contributed by atoms with Crippen LogP contribution in [0, 0.1) is 24.5 Å². The number of nitrogens with one attached hydrogen (secondary N) is 1. The van der Waals surface area contributed by atoms with Gasteiger partial charge in [0.1, 0.15) is 5.40 Å². The van der Waals surface area contributed by atoms with Crippen molar-refractivity contribution in [3.8, 4) is 5.40 Å². The Morgan fingerprint density at radius 3 is 2.31 bits per heavy atom. The number of aryl methyl sites for hydroxylation is 3. The minimum atomic E-state index is -0.531. The minimum absolute atomic E-state index is 0.359. The fourth-order valence-electron chi connectivity index (χ4n) is 2.50. The van der Waals surface area contributed by atoms with Crippen LogP contribution in [0.25, 0.3) is 0 Å². The van der Waals surface area contributed by atoms with Crippen LogP contribution in [0.5, 0.6) is 0 Å². The molecule has 5 nitrogen and oxygen atoms in total. The maximum Gasteiger partial charge on any atom is 0.338 e. The molecule has 0 atom stereocenters. The second-order valence-electron chi connectivity index (χ2n) is 5.80. The number of rotatable bonds is 6. The van der Waals surface area contributed by atoms with Crippen molar-refractivity contribution in [2.45, 2.75) is 32.1 Å². The van der Waals surface area contributed by atoms with E-state index in [0.29, 0.717) is 11.3 Å².